The van der Waals surface area contributed by atoms with E-state index in [-0.39, 0.29) is 28.4 Å². The van der Waals surface area contributed by atoms with Gasteiger partial charge in [-0.15, -0.1) is 0 Å². The van der Waals surface area contributed by atoms with Crippen molar-refractivity contribution in [1.29, 1.82) is 0 Å². The van der Waals surface area contributed by atoms with Gasteiger partial charge in [-0.1, -0.05) is 67.5 Å². The van der Waals surface area contributed by atoms with Crippen molar-refractivity contribution in [2.45, 2.75) is 90.9 Å². The Kier molecular flexibility index (Phi) is 7.95. The zero-order valence-electron chi connectivity index (χ0n) is 20.6. The SMILES string of the molecule is Cc1cc(S(=O)(=O)[O-])c(C(C)C)cc1OC(=O)c1c(C(C)C)cc(C(C)C)cc1C(C)C. The van der Waals surface area contributed by atoms with E-state index in [2.05, 4.69) is 53.7 Å². The molecule has 2 aromatic rings. The van der Waals surface area contributed by atoms with E-state index in [9.17, 15) is 17.8 Å². The van der Waals surface area contributed by atoms with Crippen LogP contribution in [0.2, 0.25) is 0 Å². The molecule has 0 aliphatic heterocycles. The summed E-state index contributed by atoms with van der Waals surface area (Å²) in [7, 11) is -4.64. The largest absolute Gasteiger partial charge is 0.744 e. The second kappa shape index (κ2) is 9.75. The van der Waals surface area contributed by atoms with Crippen LogP contribution in [0.5, 0.6) is 5.75 Å². The molecule has 2 rings (SSSR count). The van der Waals surface area contributed by atoms with E-state index in [1.807, 2.05) is 0 Å². The van der Waals surface area contributed by atoms with E-state index in [4.69, 9.17) is 4.74 Å². The third-order valence-electron chi connectivity index (χ3n) is 5.74. The Balaban J connectivity index is 2.66. The van der Waals surface area contributed by atoms with Gasteiger partial charge in [0.2, 0.25) is 0 Å². The molecule has 32 heavy (non-hydrogen) atoms. The average molecular weight is 460 g/mol. The van der Waals surface area contributed by atoms with E-state index in [1.54, 1.807) is 20.8 Å². The van der Waals surface area contributed by atoms with Gasteiger partial charge in [-0.3, -0.25) is 0 Å². The lowest BCUT2D eigenvalue weighted by atomic mass is 9.84. The lowest BCUT2D eigenvalue weighted by Crippen LogP contribution is -2.18. The summed E-state index contributed by atoms with van der Waals surface area (Å²) in [5, 5.41) is 0. The van der Waals surface area contributed by atoms with Crippen LogP contribution in [0.3, 0.4) is 0 Å². The van der Waals surface area contributed by atoms with Gasteiger partial charge in [-0.25, -0.2) is 13.2 Å². The molecule has 176 valence electrons. The summed E-state index contributed by atoms with van der Waals surface area (Å²) in [6.45, 7) is 17.7. The quantitative estimate of drug-likeness (QED) is 0.264. The standard InChI is InChI=1S/C26H36O5S/c1-14(2)19-11-21(16(5)6)25(22(12-19)17(7)8)26(27)31-23-13-20(15(3)4)24(10-18(23)9)32(28,29)30/h10-17H,1-9H3,(H,28,29,30)/p-1. The maximum Gasteiger partial charge on any atom is 0.344 e. The van der Waals surface area contributed by atoms with Crippen molar-refractivity contribution in [2.24, 2.45) is 0 Å². The van der Waals surface area contributed by atoms with Gasteiger partial charge in [0, 0.05) is 0 Å². The Morgan fingerprint density at radius 2 is 1.25 bits per heavy atom. The van der Waals surface area contributed by atoms with E-state index in [1.165, 1.54) is 17.7 Å². The lowest BCUT2D eigenvalue weighted by molar-refractivity contribution is 0.0730. The molecule has 0 fully saturated rings. The van der Waals surface area contributed by atoms with Gasteiger partial charge in [0.1, 0.15) is 15.9 Å². The smallest absolute Gasteiger partial charge is 0.344 e. The molecule has 0 saturated heterocycles. The van der Waals surface area contributed by atoms with E-state index in [0.29, 0.717) is 22.6 Å². The van der Waals surface area contributed by atoms with Gasteiger partial charge in [0.15, 0.2) is 0 Å². The molecule has 0 unspecified atom stereocenters. The molecular weight excluding hydrogens is 424 g/mol. The molecule has 0 atom stereocenters. The fourth-order valence-corrected chi connectivity index (χ4v) is 4.70. The van der Waals surface area contributed by atoms with Crippen molar-refractivity contribution in [1.82, 2.24) is 0 Å². The van der Waals surface area contributed by atoms with Crippen LogP contribution in [0.25, 0.3) is 0 Å². The molecule has 6 heteroatoms. The van der Waals surface area contributed by atoms with Crippen LogP contribution in [0, 0.1) is 6.92 Å². The molecule has 0 aliphatic rings. The van der Waals surface area contributed by atoms with Gasteiger partial charge in [0.25, 0.3) is 0 Å². The average Bonchev–Trinajstić information content (AvgIpc) is 2.66. The summed E-state index contributed by atoms with van der Waals surface area (Å²) in [6, 6.07) is 6.97. The van der Waals surface area contributed by atoms with Crippen LogP contribution in [-0.4, -0.2) is 18.9 Å². The topological polar surface area (TPSA) is 83.5 Å². The Labute approximate surface area is 193 Å². The lowest BCUT2D eigenvalue weighted by Gasteiger charge is -2.23. The molecule has 0 heterocycles. The molecular formula is C26H35O5S-. The maximum atomic E-state index is 13.5. The summed E-state index contributed by atoms with van der Waals surface area (Å²) in [5.41, 5.74) is 4.38. The second-order valence-corrected chi connectivity index (χ2v) is 11.0. The summed E-state index contributed by atoms with van der Waals surface area (Å²) < 4.78 is 41.0. The summed E-state index contributed by atoms with van der Waals surface area (Å²) in [6.07, 6.45) is 0. The maximum absolute atomic E-state index is 13.5. The Hall–Kier alpha value is -2.18. The molecule has 0 spiro atoms. The van der Waals surface area contributed by atoms with Crippen LogP contribution < -0.4 is 4.74 Å². The number of benzene rings is 2. The third kappa shape index (κ3) is 5.59. The van der Waals surface area contributed by atoms with Crippen LogP contribution in [-0.2, 0) is 10.1 Å². The normalized spacial score (nSPS) is 12.3. The molecule has 0 N–H and O–H groups in total. The van der Waals surface area contributed by atoms with E-state index >= 15 is 0 Å². The van der Waals surface area contributed by atoms with Crippen molar-refractivity contribution >= 4 is 16.1 Å². The fraction of sp³-hybridized carbons (Fsp3) is 0.500. The second-order valence-electron chi connectivity index (χ2n) is 9.69. The number of carbonyl (C=O) groups is 1. The Bertz CT molecular complexity index is 1080. The minimum absolute atomic E-state index is 0.119. The first-order valence-corrected chi connectivity index (χ1v) is 12.6. The number of ether oxygens (including phenoxy) is 1. The summed E-state index contributed by atoms with van der Waals surface area (Å²) in [4.78, 5) is 13.2. The molecule has 0 radical (unpaired) electrons. The number of carbonyl (C=O) groups excluding carboxylic acids is 1. The molecule has 0 bridgehead atoms. The van der Waals surface area contributed by atoms with Crippen LogP contribution >= 0.6 is 0 Å². The van der Waals surface area contributed by atoms with Crippen molar-refractivity contribution in [3.63, 3.8) is 0 Å². The molecule has 2 aromatic carbocycles. The number of hydrogen-bond acceptors (Lipinski definition) is 5. The van der Waals surface area contributed by atoms with Gasteiger partial charge in [-0.2, -0.15) is 0 Å². The number of hydrogen-bond donors (Lipinski definition) is 0. The summed E-state index contributed by atoms with van der Waals surface area (Å²) in [5.74, 6) is 0.136. The zero-order chi connectivity index (χ0) is 24.5. The Morgan fingerprint density at radius 1 is 0.781 bits per heavy atom. The first kappa shape index (κ1) is 26.1. The fourth-order valence-electron chi connectivity index (χ4n) is 3.80. The molecule has 0 saturated carbocycles. The van der Waals surface area contributed by atoms with E-state index < -0.39 is 16.1 Å². The van der Waals surface area contributed by atoms with Crippen molar-refractivity contribution < 1.29 is 22.5 Å². The first-order chi connectivity index (χ1) is 14.6. The van der Waals surface area contributed by atoms with Gasteiger partial charge < -0.3 is 9.29 Å². The van der Waals surface area contributed by atoms with Gasteiger partial charge >= 0.3 is 5.97 Å². The minimum atomic E-state index is -4.64. The van der Waals surface area contributed by atoms with Crippen molar-refractivity contribution in [2.75, 3.05) is 0 Å². The first-order valence-electron chi connectivity index (χ1n) is 11.1. The van der Waals surface area contributed by atoms with Crippen molar-refractivity contribution in [3.8, 4) is 5.75 Å². The van der Waals surface area contributed by atoms with Gasteiger partial charge in [-0.05, 0) is 70.5 Å². The molecule has 0 amide bonds. The monoisotopic (exact) mass is 459 g/mol. The predicted octanol–water partition coefficient (Wildman–Crippen LogP) is 6.61. The number of esters is 1. The van der Waals surface area contributed by atoms with E-state index in [0.717, 1.165) is 11.1 Å². The van der Waals surface area contributed by atoms with Crippen LogP contribution in [0.4, 0.5) is 0 Å². The minimum Gasteiger partial charge on any atom is -0.744 e. The molecule has 0 aliphatic carbocycles. The van der Waals surface area contributed by atoms with Crippen LogP contribution in [0.15, 0.2) is 29.2 Å². The highest BCUT2D eigenvalue weighted by atomic mass is 32.2. The number of rotatable bonds is 7. The highest BCUT2D eigenvalue weighted by Gasteiger charge is 2.25. The Morgan fingerprint density at radius 3 is 1.62 bits per heavy atom. The number of aryl methyl sites for hydroxylation is 1. The van der Waals surface area contributed by atoms with Crippen molar-refractivity contribution in [3.05, 3.63) is 57.6 Å². The highest BCUT2D eigenvalue weighted by molar-refractivity contribution is 7.85. The molecule has 5 nitrogen and oxygen atoms in total. The zero-order valence-corrected chi connectivity index (χ0v) is 21.4. The third-order valence-corrected chi connectivity index (χ3v) is 6.63. The van der Waals surface area contributed by atoms with Gasteiger partial charge in [0.05, 0.1) is 10.5 Å². The summed E-state index contributed by atoms with van der Waals surface area (Å²) >= 11 is 0. The van der Waals surface area contributed by atoms with Crippen LogP contribution in [0.1, 0.15) is 117 Å². The predicted molar refractivity (Wildman–Crippen MR) is 127 cm³/mol. The highest BCUT2D eigenvalue weighted by Crippen LogP contribution is 2.35. The molecule has 0 aromatic heterocycles.